The molecule has 0 N–H and O–H groups in total. The summed E-state index contributed by atoms with van der Waals surface area (Å²) in [6, 6.07) is 73.3. The molecule has 0 radical (unpaired) electrons. The Morgan fingerprint density at radius 1 is 0.281 bits per heavy atom. The number of aromatic nitrogens is 2. The first-order valence-electron chi connectivity index (χ1n) is 21.6. The summed E-state index contributed by atoms with van der Waals surface area (Å²) < 4.78 is 12.2. The summed E-state index contributed by atoms with van der Waals surface area (Å²) >= 11 is 0. The third-order valence-corrected chi connectivity index (χ3v) is 12.9. The van der Waals surface area contributed by atoms with E-state index in [0.29, 0.717) is 0 Å². The maximum absolute atomic E-state index is 6.09. The van der Waals surface area contributed by atoms with Gasteiger partial charge in [-0.2, -0.15) is 0 Å². The van der Waals surface area contributed by atoms with Crippen molar-refractivity contribution in [2.75, 3.05) is 14.2 Å². The Labute approximate surface area is 370 Å². The predicted octanol–water partition coefficient (Wildman–Crippen LogP) is 15.7. The topological polar surface area (TPSA) is 44.2 Å². The zero-order chi connectivity index (χ0) is 42.7. The number of rotatable bonds is 7. The molecule has 0 saturated carbocycles. The molecule has 12 aromatic rings. The van der Waals surface area contributed by atoms with E-state index in [1.807, 2.05) is 0 Å². The van der Waals surface area contributed by atoms with E-state index in [-0.39, 0.29) is 0 Å². The molecule has 64 heavy (non-hydrogen) atoms. The fourth-order valence-electron chi connectivity index (χ4n) is 9.60. The fraction of sp³-hybridized carbons (Fsp3) is 0.0333. The van der Waals surface area contributed by atoms with Crippen LogP contribution in [0.5, 0.6) is 11.5 Å². The Kier molecular flexibility index (Phi) is 8.91. The molecule has 4 nitrogen and oxygen atoms in total. The lowest BCUT2D eigenvalue weighted by Gasteiger charge is -2.18. The number of pyridine rings is 2. The van der Waals surface area contributed by atoms with Crippen LogP contribution in [-0.2, 0) is 0 Å². The van der Waals surface area contributed by atoms with Gasteiger partial charge in [0.05, 0.1) is 36.6 Å². The molecule has 0 bridgehead atoms. The van der Waals surface area contributed by atoms with Gasteiger partial charge in [0, 0.05) is 33.0 Å². The minimum Gasteiger partial charge on any atom is -0.496 e. The fourth-order valence-corrected chi connectivity index (χ4v) is 9.60. The second-order valence-electron chi connectivity index (χ2n) is 16.4. The van der Waals surface area contributed by atoms with Crippen LogP contribution in [0.3, 0.4) is 0 Å². The highest BCUT2D eigenvalue weighted by Crippen LogP contribution is 2.47. The van der Waals surface area contributed by atoms with Gasteiger partial charge in [-0.25, -0.2) is 9.97 Å². The maximum Gasteiger partial charge on any atom is 0.127 e. The Bertz CT molecular complexity index is 3550. The first kappa shape index (κ1) is 37.4. The van der Waals surface area contributed by atoms with E-state index >= 15 is 0 Å². The van der Waals surface area contributed by atoms with Crippen molar-refractivity contribution < 1.29 is 9.47 Å². The van der Waals surface area contributed by atoms with E-state index in [1.54, 1.807) is 14.2 Å². The highest BCUT2D eigenvalue weighted by molar-refractivity contribution is 6.11. The van der Waals surface area contributed by atoms with Crippen molar-refractivity contribution in [2.45, 2.75) is 0 Å². The third-order valence-electron chi connectivity index (χ3n) is 12.9. The standard InChI is InChI=1S/C60H40N2O2/c1-63-57-33-23-45-35-43(37-11-15-41(16-12-37)53-31-27-51-47-9-5-3-7-39(47)21-29-55(51)61-53)19-25-49(45)59(57)60-50-26-20-44(36-46(50)24-34-58(60)64-2)38-13-17-42(18-14-38)54-32-28-52-48-10-6-4-8-40(48)22-30-56(52)62-54/h3-36H,1-2H3. The van der Waals surface area contributed by atoms with Crippen LogP contribution in [0.1, 0.15) is 0 Å². The van der Waals surface area contributed by atoms with Crippen LogP contribution in [-0.4, -0.2) is 24.2 Å². The van der Waals surface area contributed by atoms with Gasteiger partial charge in [0.25, 0.3) is 0 Å². The number of ether oxygens (including phenoxy) is 2. The summed E-state index contributed by atoms with van der Waals surface area (Å²) in [5.74, 6) is 1.59. The quantitative estimate of drug-likeness (QED) is 0.150. The van der Waals surface area contributed by atoms with E-state index in [4.69, 9.17) is 19.4 Å². The van der Waals surface area contributed by atoms with Crippen molar-refractivity contribution in [1.82, 2.24) is 9.97 Å². The van der Waals surface area contributed by atoms with Gasteiger partial charge in [-0.05, 0) is 114 Å². The van der Waals surface area contributed by atoms with Gasteiger partial charge >= 0.3 is 0 Å². The number of nitrogens with zero attached hydrogens (tertiary/aromatic N) is 2. The lowest BCUT2D eigenvalue weighted by Crippen LogP contribution is -1.95. The molecular weight excluding hydrogens is 781 g/mol. The van der Waals surface area contributed by atoms with Crippen LogP contribution in [0.15, 0.2) is 206 Å². The zero-order valence-electron chi connectivity index (χ0n) is 35.3. The van der Waals surface area contributed by atoms with E-state index in [0.717, 1.165) is 100.0 Å². The van der Waals surface area contributed by atoms with E-state index in [2.05, 4.69) is 206 Å². The molecule has 0 fully saturated rings. The van der Waals surface area contributed by atoms with Crippen LogP contribution in [0.2, 0.25) is 0 Å². The number of methoxy groups -OCH3 is 2. The molecule has 2 heterocycles. The smallest absolute Gasteiger partial charge is 0.127 e. The van der Waals surface area contributed by atoms with Crippen molar-refractivity contribution in [1.29, 1.82) is 0 Å². The molecule has 2 aromatic heterocycles. The van der Waals surface area contributed by atoms with Gasteiger partial charge < -0.3 is 9.47 Å². The molecule has 0 aliphatic heterocycles. The lowest BCUT2D eigenvalue weighted by atomic mass is 9.89. The molecule has 4 heteroatoms. The van der Waals surface area contributed by atoms with Gasteiger partial charge in [-0.3, -0.25) is 0 Å². The van der Waals surface area contributed by atoms with Crippen LogP contribution in [0.4, 0.5) is 0 Å². The molecule has 12 rings (SSSR count). The molecule has 0 atom stereocenters. The van der Waals surface area contributed by atoms with Crippen molar-refractivity contribution in [2.24, 2.45) is 0 Å². The first-order valence-corrected chi connectivity index (χ1v) is 21.6. The molecular formula is C60H40N2O2. The summed E-state index contributed by atoms with van der Waals surface area (Å²) in [4.78, 5) is 10.1. The number of hydrogen-bond acceptors (Lipinski definition) is 4. The molecule has 0 aliphatic carbocycles. The average Bonchev–Trinajstić information content (AvgIpc) is 3.37. The number of benzene rings is 10. The van der Waals surface area contributed by atoms with Crippen molar-refractivity contribution in [3.63, 3.8) is 0 Å². The Morgan fingerprint density at radius 3 is 1.09 bits per heavy atom. The second-order valence-corrected chi connectivity index (χ2v) is 16.4. The first-order chi connectivity index (χ1) is 31.6. The Balaban J connectivity index is 0.865. The van der Waals surface area contributed by atoms with E-state index in [1.165, 1.54) is 32.3 Å². The molecule has 0 aliphatic rings. The molecule has 10 aromatic carbocycles. The largest absolute Gasteiger partial charge is 0.496 e. The summed E-state index contributed by atoms with van der Waals surface area (Å²) in [6.45, 7) is 0. The highest BCUT2D eigenvalue weighted by atomic mass is 16.5. The third kappa shape index (κ3) is 6.30. The predicted molar refractivity (Wildman–Crippen MR) is 267 cm³/mol. The summed E-state index contributed by atoms with van der Waals surface area (Å²) in [5, 5.41) is 11.7. The monoisotopic (exact) mass is 820 g/mol. The molecule has 0 spiro atoms. The maximum atomic E-state index is 6.09. The van der Waals surface area contributed by atoms with Crippen molar-refractivity contribution in [3.05, 3.63) is 206 Å². The second kappa shape index (κ2) is 15.2. The Morgan fingerprint density at radius 2 is 0.656 bits per heavy atom. The highest BCUT2D eigenvalue weighted by Gasteiger charge is 2.20. The molecule has 302 valence electrons. The van der Waals surface area contributed by atoms with Crippen LogP contribution in [0.25, 0.3) is 121 Å². The van der Waals surface area contributed by atoms with E-state index in [9.17, 15) is 0 Å². The van der Waals surface area contributed by atoms with Gasteiger partial charge in [0.1, 0.15) is 11.5 Å². The zero-order valence-corrected chi connectivity index (χ0v) is 35.3. The van der Waals surface area contributed by atoms with E-state index < -0.39 is 0 Å². The minimum atomic E-state index is 0.793. The van der Waals surface area contributed by atoms with Gasteiger partial charge in [0.2, 0.25) is 0 Å². The number of fused-ring (bicyclic) bond motifs is 8. The molecule has 0 amide bonds. The van der Waals surface area contributed by atoms with Crippen molar-refractivity contribution in [3.8, 4) is 67.4 Å². The molecule has 0 unspecified atom stereocenters. The SMILES string of the molecule is COc1ccc2cc(-c3ccc(-c4ccc5c(ccc6ccccc65)n4)cc3)ccc2c1-c1c(OC)ccc2cc(-c3ccc(-c4ccc5c(ccc6ccccc65)n4)cc3)ccc12. The van der Waals surface area contributed by atoms with Crippen LogP contribution >= 0.6 is 0 Å². The van der Waals surface area contributed by atoms with Crippen LogP contribution in [0, 0.1) is 0 Å². The summed E-state index contributed by atoms with van der Waals surface area (Å²) in [6.07, 6.45) is 0. The normalized spacial score (nSPS) is 11.6. The van der Waals surface area contributed by atoms with Crippen LogP contribution < -0.4 is 9.47 Å². The summed E-state index contributed by atoms with van der Waals surface area (Å²) in [7, 11) is 3.48. The van der Waals surface area contributed by atoms with Gasteiger partial charge in [-0.15, -0.1) is 0 Å². The Hall–Kier alpha value is -8.34. The van der Waals surface area contributed by atoms with Gasteiger partial charge in [0.15, 0.2) is 0 Å². The van der Waals surface area contributed by atoms with Crippen molar-refractivity contribution >= 4 is 64.9 Å². The lowest BCUT2D eigenvalue weighted by molar-refractivity contribution is 0.411. The minimum absolute atomic E-state index is 0.793. The number of hydrogen-bond donors (Lipinski definition) is 0. The van der Waals surface area contributed by atoms with Gasteiger partial charge in [-0.1, -0.05) is 158 Å². The summed E-state index contributed by atoms with van der Waals surface area (Å²) in [5.41, 5.74) is 12.7. The molecule has 0 saturated heterocycles. The average molecular weight is 821 g/mol.